The molecule has 0 radical (unpaired) electrons. The molecule has 4 aromatic carbocycles. The Labute approximate surface area is 209 Å². The maximum atomic E-state index is 13.9. The number of nitrogens with zero attached hydrogens (tertiary/aromatic N) is 2. The third kappa shape index (κ3) is 4.37. The first kappa shape index (κ1) is 21.8. The molecule has 6 aromatic rings. The predicted molar refractivity (Wildman–Crippen MR) is 143 cm³/mol. The van der Waals surface area contributed by atoms with E-state index in [9.17, 15) is 4.79 Å². The van der Waals surface area contributed by atoms with Crippen LogP contribution in [0.5, 0.6) is 0 Å². The highest BCUT2D eigenvalue weighted by molar-refractivity contribution is 6.06. The summed E-state index contributed by atoms with van der Waals surface area (Å²) in [5.74, 6) is 0.699. The van der Waals surface area contributed by atoms with Crippen LogP contribution in [0.2, 0.25) is 0 Å². The van der Waals surface area contributed by atoms with Crippen molar-refractivity contribution in [3.05, 3.63) is 138 Å². The van der Waals surface area contributed by atoms with Crippen molar-refractivity contribution >= 4 is 27.8 Å². The molecule has 4 heteroatoms. The van der Waals surface area contributed by atoms with Gasteiger partial charge in [0.2, 0.25) is 0 Å². The SMILES string of the molecule is O=C(c1ccnc2ccccc12)N(Cc1ccc(-c2ccccc2)cc1)Cc1cc2ccccc2o1. The van der Waals surface area contributed by atoms with Crippen LogP contribution in [0, 0.1) is 0 Å². The molecule has 2 heterocycles. The summed E-state index contributed by atoms with van der Waals surface area (Å²) in [5, 5.41) is 1.88. The van der Waals surface area contributed by atoms with Gasteiger partial charge in [0.15, 0.2) is 0 Å². The first-order valence-electron chi connectivity index (χ1n) is 12.0. The average molecular weight is 469 g/mol. The minimum Gasteiger partial charge on any atom is -0.459 e. The van der Waals surface area contributed by atoms with Crippen LogP contribution in [0.3, 0.4) is 0 Å². The second kappa shape index (κ2) is 9.51. The highest BCUT2D eigenvalue weighted by Gasteiger charge is 2.21. The highest BCUT2D eigenvalue weighted by atomic mass is 16.3. The van der Waals surface area contributed by atoms with Crippen molar-refractivity contribution < 1.29 is 9.21 Å². The predicted octanol–water partition coefficient (Wildman–Crippen LogP) is 7.49. The fraction of sp³-hybridized carbons (Fsp3) is 0.0625. The van der Waals surface area contributed by atoms with Crippen LogP contribution in [0.4, 0.5) is 0 Å². The molecular formula is C32H24N2O2. The van der Waals surface area contributed by atoms with Crippen LogP contribution in [-0.2, 0) is 13.1 Å². The van der Waals surface area contributed by atoms with Crippen LogP contribution in [0.1, 0.15) is 21.7 Å². The number of hydrogen-bond acceptors (Lipinski definition) is 3. The Morgan fingerprint density at radius 3 is 2.28 bits per heavy atom. The molecule has 0 unspecified atom stereocenters. The summed E-state index contributed by atoms with van der Waals surface area (Å²) in [6.07, 6.45) is 1.70. The molecule has 0 aliphatic carbocycles. The number of fused-ring (bicyclic) bond motifs is 2. The van der Waals surface area contributed by atoms with Gasteiger partial charge < -0.3 is 9.32 Å². The van der Waals surface area contributed by atoms with Gasteiger partial charge in [0.05, 0.1) is 17.6 Å². The Morgan fingerprint density at radius 2 is 1.44 bits per heavy atom. The van der Waals surface area contributed by atoms with E-state index in [0.29, 0.717) is 18.7 Å². The number of furan rings is 1. The van der Waals surface area contributed by atoms with Crippen molar-refractivity contribution in [3.8, 4) is 11.1 Å². The largest absolute Gasteiger partial charge is 0.459 e. The third-order valence-electron chi connectivity index (χ3n) is 6.42. The topological polar surface area (TPSA) is 46.3 Å². The Hall–Kier alpha value is -4.70. The van der Waals surface area contributed by atoms with Gasteiger partial charge in [-0.05, 0) is 41.0 Å². The Morgan fingerprint density at radius 1 is 0.722 bits per heavy atom. The molecule has 1 amide bonds. The van der Waals surface area contributed by atoms with E-state index in [1.807, 2.05) is 77.7 Å². The number of pyridine rings is 1. The molecular weight excluding hydrogens is 444 g/mol. The number of para-hydroxylation sites is 2. The second-order valence-electron chi connectivity index (χ2n) is 8.85. The van der Waals surface area contributed by atoms with E-state index < -0.39 is 0 Å². The lowest BCUT2D eigenvalue weighted by Gasteiger charge is -2.23. The molecule has 0 fully saturated rings. The van der Waals surface area contributed by atoms with Gasteiger partial charge in [-0.2, -0.15) is 0 Å². The summed E-state index contributed by atoms with van der Waals surface area (Å²) in [4.78, 5) is 20.2. The van der Waals surface area contributed by atoms with Crippen LogP contribution in [-0.4, -0.2) is 15.8 Å². The third-order valence-corrected chi connectivity index (χ3v) is 6.42. The van der Waals surface area contributed by atoms with Crippen molar-refractivity contribution in [2.45, 2.75) is 13.1 Å². The minimum atomic E-state index is -0.0545. The van der Waals surface area contributed by atoms with Crippen molar-refractivity contribution in [3.63, 3.8) is 0 Å². The molecule has 0 bridgehead atoms. The number of carbonyl (C=O) groups is 1. The molecule has 0 aliphatic rings. The number of hydrogen-bond donors (Lipinski definition) is 0. The van der Waals surface area contributed by atoms with Gasteiger partial charge in [0.25, 0.3) is 5.91 Å². The summed E-state index contributed by atoms with van der Waals surface area (Å²) in [6, 6.07) is 38.2. The fourth-order valence-corrected chi connectivity index (χ4v) is 4.61. The summed E-state index contributed by atoms with van der Waals surface area (Å²) < 4.78 is 6.08. The van der Waals surface area contributed by atoms with E-state index in [0.717, 1.165) is 38.8 Å². The van der Waals surface area contributed by atoms with Crippen LogP contribution in [0.15, 0.2) is 126 Å². The van der Waals surface area contributed by atoms with Gasteiger partial charge in [-0.25, -0.2) is 0 Å². The summed E-state index contributed by atoms with van der Waals surface area (Å²) >= 11 is 0. The van der Waals surface area contributed by atoms with Gasteiger partial charge >= 0.3 is 0 Å². The number of amides is 1. The summed E-state index contributed by atoms with van der Waals surface area (Å²) in [7, 11) is 0. The van der Waals surface area contributed by atoms with Crippen molar-refractivity contribution in [2.24, 2.45) is 0 Å². The standard InChI is InChI=1S/C32H24N2O2/c35-32(29-18-19-33-30-12-6-5-11-28(29)30)34(22-27-20-26-10-4-7-13-31(26)36-27)21-23-14-16-25(17-15-23)24-8-2-1-3-9-24/h1-20H,21-22H2. The number of rotatable bonds is 6. The minimum absolute atomic E-state index is 0.0545. The molecule has 4 nitrogen and oxygen atoms in total. The van der Waals surface area contributed by atoms with E-state index in [4.69, 9.17) is 4.42 Å². The van der Waals surface area contributed by atoms with Crippen molar-refractivity contribution in [2.75, 3.05) is 0 Å². The van der Waals surface area contributed by atoms with Crippen LogP contribution >= 0.6 is 0 Å². The zero-order valence-corrected chi connectivity index (χ0v) is 19.7. The number of benzene rings is 4. The van der Waals surface area contributed by atoms with Gasteiger partial charge in [-0.3, -0.25) is 9.78 Å². The second-order valence-corrected chi connectivity index (χ2v) is 8.85. The highest BCUT2D eigenvalue weighted by Crippen LogP contribution is 2.25. The van der Waals surface area contributed by atoms with Crippen molar-refractivity contribution in [1.29, 1.82) is 0 Å². The summed E-state index contributed by atoms with van der Waals surface area (Å²) in [5.41, 5.74) is 5.63. The van der Waals surface area contributed by atoms with E-state index in [2.05, 4.69) is 41.4 Å². The lowest BCUT2D eigenvalue weighted by molar-refractivity contribution is 0.0720. The normalized spacial score (nSPS) is 11.1. The first-order valence-corrected chi connectivity index (χ1v) is 12.0. The van der Waals surface area contributed by atoms with Gasteiger partial charge in [-0.1, -0.05) is 91.0 Å². The Bertz CT molecular complexity index is 1610. The monoisotopic (exact) mass is 468 g/mol. The molecule has 6 rings (SSSR count). The van der Waals surface area contributed by atoms with E-state index >= 15 is 0 Å². The van der Waals surface area contributed by atoms with E-state index in [1.165, 1.54) is 5.56 Å². The molecule has 2 aromatic heterocycles. The molecule has 0 spiro atoms. The van der Waals surface area contributed by atoms with Crippen LogP contribution < -0.4 is 0 Å². The quantitative estimate of drug-likeness (QED) is 0.254. The maximum Gasteiger partial charge on any atom is 0.255 e. The first-order chi connectivity index (χ1) is 17.7. The number of carbonyl (C=O) groups excluding carboxylic acids is 1. The Kier molecular flexibility index (Phi) is 5.76. The molecule has 0 saturated heterocycles. The maximum absolute atomic E-state index is 13.9. The van der Waals surface area contributed by atoms with E-state index in [1.54, 1.807) is 12.3 Å². The Balaban J connectivity index is 1.34. The zero-order chi connectivity index (χ0) is 24.3. The molecule has 0 N–H and O–H groups in total. The van der Waals surface area contributed by atoms with Gasteiger partial charge in [0, 0.05) is 23.5 Å². The molecule has 0 atom stereocenters. The van der Waals surface area contributed by atoms with Gasteiger partial charge in [0.1, 0.15) is 11.3 Å². The zero-order valence-electron chi connectivity index (χ0n) is 19.7. The lowest BCUT2D eigenvalue weighted by Crippen LogP contribution is -2.30. The molecule has 0 saturated carbocycles. The molecule has 174 valence electrons. The van der Waals surface area contributed by atoms with E-state index in [-0.39, 0.29) is 5.91 Å². The lowest BCUT2D eigenvalue weighted by atomic mass is 10.0. The van der Waals surface area contributed by atoms with Crippen LogP contribution in [0.25, 0.3) is 33.0 Å². The fourth-order valence-electron chi connectivity index (χ4n) is 4.61. The smallest absolute Gasteiger partial charge is 0.255 e. The average Bonchev–Trinajstić information content (AvgIpc) is 3.35. The molecule has 36 heavy (non-hydrogen) atoms. The number of aromatic nitrogens is 1. The molecule has 0 aliphatic heterocycles. The summed E-state index contributed by atoms with van der Waals surface area (Å²) in [6.45, 7) is 0.826. The van der Waals surface area contributed by atoms with Crippen molar-refractivity contribution in [1.82, 2.24) is 9.88 Å². The van der Waals surface area contributed by atoms with Gasteiger partial charge in [-0.15, -0.1) is 0 Å².